The molecule has 0 spiro atoms. The average molecular weight is 454 g/mol. The van der Waals surface area contributed by atoms with Crippen molar-refractivity contribution in [2.45, 2.75) is 25.3 Å². The molecule has 0 radical (unpaired) electrons. The van der Waals surface area contributed by atoms with E-state index in [0.29, 0.717) is 60.9 Å². The van der Waals surface area contributed by atoms with Crippen LogP contribution in [-0.4, -0.2) is 33.9 Å². The van der Waals surface area contributed by atoms with Crippen molar-refractivity contribution in [2.24, 2.45) is 0 Å². The van der Waals surface area contributed by atoms with Gasteiger partial charge in [-0.25, -0.2) is 4.98 Å². The monoisotopic (exact) mass is 454 g/mol. The Hall–Kier alpha value is -4.20. The van der Waals surface area contributed by atoms with Gasteiger partial charge in [-0.05, 0) is 41.2 Å². The number of hydrogen-bond acceptors (Lipinski definition) is 7. The van der Waals surface area contributed by atoms with E-state index in [1.807, 2.05) is 48.5 Å². The summed E-state index contributed by atoms with van der Waals surface area (Å²) in [6.07, 6.45) is 2.56. The number of ether oxygens (including phenoxy) is 2. The number of hydrogen-bond donors (Lipinski definition) is 2. The maximum absolute atomic E-state index is 13.1. The molecule has 2 aliphatic rings. The molecule has 1 aliphatic carbocycles. The summed E-state index contributed by atoms with van der Waals surface area (Å²) in [4.78, 5) is 37.6. The number of rotatable bonds is 4. The summed E-state index contributed by atoms with van der Waals surface area (Å²) < 4.78 is 11.2. The second kappa shape index (κ2) is 8.30. The van der Waals surface area contributed by atoms with Crippen molar-refractivity contribution in [1.82, 2.24) is 15.0 Å². The Labute approximate surface area is 195 Å². The molecule has 1 aliphatic heterocycles. The Morgan fingerprint density at radius 3 is 2.68 bits per heavy atom. The summed E-state index contributed by atoms with van der Waals surface area (Å²) in [7, 11) is 0. The minimum absolute atomic E-state index is 0.00436. The first-order valence-corrected chi connectivity index (χ1v) is 11.3. The Morgan fingerprint density at radius 1 is 1.00 bits per heavy atom. The zero-order chi connectivity index (χ0) is 23.1. The van der Waals surface area contributed by atoms with Crippen molar-refractivity contribution >= 4 is 22.8 Å². The summed E-state index contributed by atoms with van der Waals surface area (Å²) in [5.41, 5.74) is 3.32. The van der Waals surface area contributed by atoms with Gasteiger partial charge in [-0.15, -0.1) is 0 Å². The number of fused-ring (bicyclic) bond motifs is 4. The summed E-state index contributed by atoms with van der Waals surface area (Å²) in [6, 6.07) is 15.6. The molecule has 0 saturated carbocycles. The van der Waals surface area contributed by atoms with Crippen molar-refractivity contribution in [1.29, 1.82) is 0 Å². The number of nitrogens with zero attached hydrogens (tertiary/aromatic N) is 2. The molecule has 6 rings (SSSR count). The zero-order valence-electron chi connectivity index (χ0n) is 18.3. The maximum Gasteiger partial charge on any atom is 0.262 e. The van der Waals surface area contributed by atoms with Crippen LogP contribution in [0.15, 0.2) is 59.5 Å². The number of H-pyrrole nitrogens is 1. The second-order valence-electron chi connectivity index (χ2n) is 8.53. The number of anilines is 1. The molecule has 8 nitrogen and oxygen atoms in total. The van der Waals surface area contributed by atoms with Crippen LogP contribution >= 0.6 is 0 Å². The van der Waals surface area contributed by atoms with Crippen LogP contribution in [-0.2, 0) is 13.0 Å². The highest BCUT2D eigenvalue weighted by molar-refractivity contribution is 6.02. The Balaban J connectivity index is 1.30. The maximum atomic E-state index is 13.1. The molecule has 170 valence electrons. The molecular weight excluding hydrogens is 432 g/mol. The van der Waals surface area contributed by atoms with Crippen LogP contribution in [0.1, 0.15) is 39.4 Å². The Morgan fingerprint density at radius 2 is 1.82 bits per heavy atom. The van der Waals surface area contributed by atoms with Crippen molar-refractivity contribution in [3.05, 3.63) is 87.3 Å². The van der Waals surface area contributed by atoms with Crippen LogP contribution < -0.4 is 20.3 Å². The van der Waals surface area contributed by atoms with E-state index < -0.39 is 0 Å². The Bertz CT molecular complexity index is 1470. The Kier molecular flexibility index (Phi) is 4.98. The molecule has 0 fully saturated rings. The van der Waals surface area contributed by atoms with Gasteiger partial charge in [-0.2, -0.15) is 4.98 Å². The zero-order valence-corrected chi connectivity index (χ0v) is 18.3. The number of benzene rings is 2. The first-order chi connectivity index (χ1) is 16.7. The molecule has 2 aromatic carbocycles. The van der Waals surface area contributed by atoms with Crippen LogP contribution in [0, 0.1) is 0 Å². The van der Waals surface area contributed by atoms with E-state index in [4.69, 9.17) is 9.47 Å². The van der Waals surface area contributed by atoms with Gasteiger partial charge in [0.1, 0.15) is 13.2 Å². The van der Waals surface area contributed by atoms with E-state index in [1.54, 1.807) is 6.20 Å². The van der Waals surface area contributed by atoms with Crippen LogP contribution in [0.3, 0.4) is 0 Å². The minimum Gasteiger partial charge on any atom is -0.486 e. The second-order valence-corrected chi connectivity index (χ2v) is 8.53. The van der Waals surface area contributed by atoms with Crippen LogP contribution in [0.5, 0.6) is 11.5 Å². The molecule has 2 aromatic heterocycles. The number of aromatic nitrogens is 3. The fourth-order valence-corrected chi connectivity index (χ4v) is 4.70. The molecule has 2 N–H and O–H groups in total. The molecule has 0 bridgehead atoms. The summed E-state index contributed by atoms with van der Waals surface area (Å²) in [5.74, 6) is 1.78. The predicted octanol–water partition coefficient (Wildman–Crippen LogP) is 3.61. The minimum atomic E-state index is -0.305. The van der Waals surface area contributed by atoms with E-state index in [9.17, 15) is 9.59 Å². The molecule has 0 amide bonds. The van der Waals surface area contributed by atoms with E-state index >= 15 is 0 Å². The van der Waals surface area contributed by atoms with Gasteiger partial charge < -0.3 is 14.8 Å². The molecule has 4 aromatic rings. The normalized spacial score (nSPS) is 16.8. The van der Waals surface area contributed by atoms with Gasteiger partial charge in [0.05, 0.1) is 5.39 Å². The van der Waals surface area contributed by atoms with Gasteiger partial charge in [0.15, 0.2) is 22.9 Å². The molecule has 3 heterocycles. The van der Waals surface area contributed by atoms with Crippen molar-refractivity contribution in [2.75, 3.05) is 18.5 Å². The largest absolute Gasteiger partial charge is 0.486 e. The molecule has 8 heteroatoms. The van der Waals surface area contributed by atoms with Crippen molar-refractivity contribution in [3.8, 4) is 11.5 Å². The topological polar surface area (TPSA) is 106 Å². The number of Topliss-reactive ketones (excluding diaryl/α,β-unsaturated/α-hetero) is 1. The first-order valence-electron chi connectivity index (χ1n) is 11.3. The first kappa shape index (κ1) is 20.4. The van der Waals surface area contributed by atoms with Crippen molar-refractivity contribution < 1.29 is 14.3 Å². The highest BCUT2D eigenvalue weighted by atomic mass is 16.6. The highest BCUT2D eigenvalue weighted by Crippen LogP contribution is 2.35. The third-order valence-electron chi connectivity index (χ3n) is 6.36. The quantitative estimate of drug-likeness (QED) is 0.485. The van der Waals surface area contributed by atoms with E-state index in [-0.39, 0.29) is 17.3 Å². The molecular formula is C26H22N4O4. The van der Waals surface area contributed by atoms with Gasteiger partial charge in [0, 0.05) is 24.7 Å². The van der Waals surface area contributed by atoms with Gasteiger partial charge in [0.25, 0.3) is 5.56 Å². The van der Waals surface area contributed by atoms with Gasteiger partial charge >= 0.3 is 0 Å². The lowest BCUT2D eigenvalue weighted by molar-refractivity contribution is 0.0964. The summed E-state index contributed by atoms with van der Waals surface area (Å²) >= 11 is 0. The standard InChI is InChI=1S/C26H22N4O4/c31-20-12-17(16-4-2-1-3-5-16)11-18-19(20)14-27-24-23(18)25(32)30-26(29-24)28-13-15-6-7-21-22(10-15)34-9-8-33-21/h1-7,10,14,17H,8-9,11-13H2,(H2,27,28,29,30,32). The van der Waals surface area contributed by atoms with Crippen LogP contribution in [0.4, 0.5) is 5.95 Å². The predicted molar refractivity (Wildman–Crippen MR) is 127 cm³/mol. The van der Waals surface area contributed by atoms with E-state index in [1.165, 1.54) is 0 Å². The van der Waals surface area contributed by atoms with Crippen LogP contribution in [0.2, 0.25) is 0 Å². The SMILES string of the molecule is O=C1CC(c2ccccc2)Cc2c1cnc1nc(NCc3ccc4c(c3)OCCO4)[nH]c(=O)c21. The number of aromatic amines is 1. The fourth-order valence-electron chi connectivity index (χ4n) is 4.70. The lowest BCUT2D eigenvalue weighted by atomic mass is 9.79. The lowest BCUT2D eigenvalue weighted by Gasteiger charge is -2.24. The average Bonchev–Trinajstić information content (AvgIpc) is 2.87. The smallest absolute Gasteiger partial charge is 0.262 e. The fraction of sp³-hybridized carbons (Fsp3) is 0.231. The molecule has 34 heavy (non-hydrogen) atoms. The molecule has 1 atom stereocenters. The lowest BCUT2D eigenvalue weighted by Crippen LogP contribution is -2.23. The van der Waals surface area contributed by atoms with Gasteiger partial charge in [-0.3, -0.25) is 14.6 Å². The third kappa shape index (κ3) is 3.67. The molecule has 0 saturated heterocycles. The number of carbonyl (C=O) groups is 1. The summed E-state index contributed by atoms with van der Waals surface area (Å²) in [6.45, 7) is 1.50. The third-order valence-corrected chi connectivity index (χ3v) is 6.36. The highest BCUT2D eigenvalue weighted by Gasteiger charge is 2.29. The van der Waals surface area contributed by atoms with Gasteiger partial charge in [-0.1, -0.05) is 36.4 Å². The molecule has 1 unspecified atom stereocenters. The number of pyridine rings is 1. The van der Waals surface area contributed by atoms with E-state index in [0.717, 1.165) is 22.4 Å². The van der Waals surface area contributed by atoms with Crippen molar-refractivity contribution in [3.63, 3.8) is 0 Å². The number of ketones is 1. The number of carbonyl (C=O) groups excluding carboxylic acids is 1. The summed E-state index contributed by atoms with van der Waals surface area (Å²) in [5, 5.41) is 3.54. The number of nitrogens with one attached hydrogen (secondary N) is 2. The van der Waals surface area contributed by atoms with Gasteiger partial charge in [0.2, 0.25) is 5.95 Å². The van der Waals surface area contributed by atoms with E-state index in [2.05, 4.69) is 20.3 Å². The van der Waals surface area contributed by atoms with Crippen LogP contribution in [0.25, 0.3) is 11.0 Å².